The molecule has 0 radical (unpaired) electrons. The van der Waals surface area contributed by atoms with E-state index >= 15 is 0 Å². The SMILES string of the molecule is C/C=C\C.C=CC=C.CC.CCCC.CCCCC.CCCCCCCc1ccc(C#Cc2ccc(/C=C/c3ccc(C#Cc4ccc(CCCCCCC)cc4)cc3)cc2)cc1. The van der Waals surface area contributed by atoms with Crippen LogP contribution in [0.5, 0.6) is 0 Å². The molecule has 0 nitrogen and oxygen atoms in total. The number of hydrogen-bond acceptors (Lipinski definition) is 0. The number of benzene rings is 4. The van der Waals surface area contributed by atoms with Crippen LogP contribution < -0.4 is 0 Å². The van der Waals surface area contributed by atoms with E-state index in [4.69, 9.17) is 0 Å². The molecular weight excluding hydrogens is 757 g/mol. The molecule has 0 bridgehead atoms. The second-order valence-corrected chi connectivity index (χ2v) is 15.3. The molecule has 0 fully saturated rings. The monoisotopic (exact) mass is 847 g/mol. The summed E-state index contributed by atoms with van der Waals surface area (Å²) in [5.41, 5.74) is 9.34. The van der Waals surface area contributed by atoms with Crippen molar-refractivity contribution in [3.63, 3.8) is 0 Å². The molecule has 0 heteroatoms. The Balaban J connectivity index is 0. The topological polar surface area (TPSA) is 0 Å². The minimum atomic E-state index is 1.03. The Kier molecular flexibility index (Phi) is 44.3. The molecular formula is C63H90. The highest BCUT2D eigenvalue weighted by atomic mass is 14.0. The lowest BCUT2D eigenvalue weighted by atomic mass is 10.0. The highest BCUT2D eigenvalue weighted by Gasteiger charge is 1.97. The van der Waals surface area contributed by atoms with Gasteiger partial charge in [-0.25, -0.2) is 0 Å². The third-order valence-electron chi connectivity index (χ3n) is 9.74. The van der Waals surface area contributed by atoms with E-state index in [2.05, 4.69) is 188 Å². The van der Waals surface area contributed by atoms with Crippen molar-refractivity contribution in [2.45, 2.75) is 178 Å². The van der Waals surface area contributed by atoms with E-state index in [9.17, 15) is 0 Å². The van der Waals surface area contributed by atoms with Crippen LogP contribution in [0, 0.1) is 23.7 Å². The third-order valence-corrected chi connectivity index (χ3v) is 9.74. The van der Waals surface area contributed by atoms with Crippen molar-refractivity contribution in [3.05, 3.63) is 179 Å². The van der Waals surface area contributed by atoms with E-state index in [1.54, 1.807) is 12.2 Å². The van der Waals surface area contributed by atoms with E-state index in [0.717, 1.165) is 33.4 Å². The molecule has 0 aromatic heterocycles. The lowest BCUT2D eigenvalue weighted by molar-refractivity contribution is 0.632. The first-order valence-corrected chi connectivity index (χ1v) is 24.8. The van der Waals surface area contributed by atoms with E-state index in [1.165, 1.54) is 120 Å². The lowest BCUT2D eigenvalue weighted by Gasteiger charge is -2.02. The van der Waals surface area contributed by atoms with Gasteiger partial charge in [0, 0.05) is 22.3 Å². The van der Waals surface area contributed by atoms with Crippen LogP contribution in [0.25, 0.3) is 12.2 Å². The number of aryl methyl sites for hydroxylation is 2. The molecule has 0 unspecified atom stereocenters. The first-order valence-electron chi connectivity index (χ1n) is 24.8. The van der Waals surface area contributed by atoms with Crippen LogP contribution in [0.2, 0.25) is 0 Å². The second kappa shape index (κ2) is 46.5. The lowest BCUT2D eigenvalue weighted by Crippen LogP contribution is -1.86. The number of hydrogen-bond donors (Lipinski definition) is 0. The van der Waals surface area contributed by atoms with Gasteiger partial charge in [-0.15, -0.1) is 0 Å². The van der Waals surface area contributed by atoms with Crippen molar-refractivity contribution in [2.24, 2.45) is 0 Å². The molecule has 0 aliphatic heterocycles. The molecule has 63 heavy (non-hydrogen) atoms. The van der Waals surface area contributed by atoms with Gasteiger partial charge in [0.25, 0.3) is 0 Å². The fourth-order valence-electron chi connectivity index (χ4n) is 5.56. The van der Waals surface area contributed by atoms with Crippen LogP contribution in [0.1, 0.15) is 210 Å². The first-order chi connectivity index (χ1) is 30.9. The van der Waals surface area contributed by atoms with Crippen molar-refractivity contribution < 1.29 is 0 Å². The van der Waals surface area contributed by atoms with Gasteiger partial charge in [0.2, 0.25) is 0 Å². The Morgan fingerprint density at radius 3 is 0.841 bits per heavy atom. The Morgan fingerprint density at radius 2 is 0.619 bits per heavy atom. The van der Waals surface area contributed by atoms with E-state index in [0.29, 0.717) is 0 Å². The van der Waals surface area contributed by atoms with Gasteiger partial charge in [-0.05, 0) is 110 Å². The first kappa shape index (κ1) is 60.0. The number of rotatable bonds is 18. The molecule has 0 N–H and O–H groups in total. The summed E-state index contributed by atoms with van der Waals surface area (Å²) in [6.07, 6.45) is 33.8. The predicted octanol–water partition coefficient (Wildman–Crippen LogP) is 19.7. The molecule has 0 aliphatic rings. The van der Waals surface area contributed by atoms with Crippen molar-refractivity contribution >= 4 is 12.2 Å². The van der Waals surface area contributed by atoms with Gasteiger partial charge in [0.05, 0.1) is 0 Å². The zero-order valence-corrected chi connectivity index (χ0v) is 42.1. The highest BCUT2D eigenvalue weighted by molar-refractivity contribution is 5.70. The third kappa shape index (κ3) is 36.2. The average molecular weight is 847 g/mol. The van der Waals surface area contributed by atoms with Crippen molar-refractivity contribution in [3.8, 4) is 23.7 Å². The Labute approximate surface area is 391 Å². The molecule has 342 valence electrons. The number of allylic oxidation sites excluding steroid dienone is 4. The Morgan fingerprint density at radius 1 is 0.349 bits per heavy atom. The van der Waals surface area contributed by atoms with Gasteiger partial charge in [0.15, 0.2) is 0 Å². The quantitative estimate of drug-likeness (QED) is 0.0308. The summed E-state index contributed by atoms with van der Waals surface area (Å²) in [5, 5.41) is 0. The summed E-state index contributed by atoms with van der Waals surface area (Å²) in [4.78, 5) is 0. The van der Waals surface area contributed by atoms with Crippen LogP contribution in [0.15, 0.2) is 135 Å². The fourth-order valence-corrected chi connectivity index (χ4v) is 5.56. The molecule has 0 atom stereocenters. The summed E-state index contributed by atoms with van der Waals surface area (Å²) >= 11 is 0. The molecule has 0 spiro atoms. The molecule has 0 heterocycles. The Hall–Kier alpha value is -5.04. The van der Waals surface area contributed by atoms with E-state index in [-0.39, 0.29) is 0 Å². The van der Waals surface area contributed by atoms with E-state index in [1.807, 2.05) is 39.8 Å². The zero-order chi connectivity index (χ0) is 47.0. The fraction of sp³-hybridized carbons (Fsp3) is 0.429. The smallest absolute Gasteiger partial charge is 0.0249 e. The highest BCUT2D eigenvalue weighted by Crippen LogP contribution is 2.14. The number of unbranched alkanes of at least 4 members (excludes halogenated alkanes) is 11. The van der Waals surface area contributed by atoms with Gasteiger partial charge in [0.1, 0.15) is 0 Å². The summed E-state index contributed by atoms with van der Waals surface area (Å²) in [7, 11) is 0. The minimum absolute atomic E-state index is 1.03. The van der Waals surface area contributed by atoms with Gasteiger partial charge in [-0.2, -0.15) is 0 Å². The van der Waals surface area contributed by atoms with Crippen LogP contribution in [-0.4, -0.2) is 0 Å². The maximum atomic E-state index is 3.36. The summed E-state index contributed by atoms with van der Waals surface area (Å²) in [5.74, 6) is 13.2. The van der Waals surface area contributed by atoms with Crippen LogP contribution in [-0.2, 0) is 12.8 Å². The van der Waals surface area contributed by atoms with Crippen molar-refractivity contribution in [1.29, 1.82) is 0 Å². The molecule has 0 saturated heterocycles. The van der Waals surface area contributed by atoms with Gasteiger partial charge < -0.3 is 0 Å². The van der Waals surface area contributed by atoms with Gasteiger partial charge in [-0.3, -0.25) is 0 Å². The van der Waals surface area contributed by atoms with Crippen LogP contribution in [0.3, 0.4) is 0 Å². The average Bonchev–Trinajstić information content (AvgIpc) is 3.34. The Bertz CT molecular complexity index is 1650. The minimum Gasteiger partial charge on any atom is -0.0991 e. The molecule has 0 saturated carbocycles. The van der Waals surface area contributed by atoms with Crippen molar-refractivity contribution in [2.75, 3.05) is 0 Å². The maximum Gasteiger partial charge on any atom is 0.0249 e. The molecule has 0 aliphatic carbocycles. The molecule has 0 amide bonds. The molecule has 4 aromatic carbocycles. The summed E-state index contributed by atoms with van der Waals surface area (Å²) in [6, 6.07) is 34.4. The second-order valence-electron chi connectivity index (χ2n) is 15.3. The molecule has 4 rings (SSSR count). The van der Waals surface area contributed by atoms with Gasteiger partial charge in [-0.1, -0.05) is 261 Å². The van der Waals surface area contributed by atoms with E-state index < -0.39 is 0 Å². The predicted molar refractivity (Wildman–Crippen MR) is 290 cm³/mol. The van der Waals surface area contributed by atoms with Gasteiger partial charge >= 0.3 is 0 Å². The standard InChI is InChI=1S/C44H48.C5H12.C4H10.C4H8.C4H6.C2H6/c1-3-5-7-9-11-13-37-15-19-39(20-16-37)23-25-41-27-31-43(32-28-41)35-36-44-33-29-42(30-34-44)26-24-40-21-17-38(18-22-40)14-12-10-8-6-4-2;1-3-5-4-2;3*1-3-4-2;1-2/h15-22,27-36H,3-14H2,1-2H3;3-5H2,1-2H3;3-4H2,1-2H3;3-4H,1-2H3;3-4H,1-2H2;1-2H3/b36-35+;;;4-3-;;. The largest absolute Gasteiger partial charge is 0.0991 e. The van der Waals surface area contributed by atoms with Crippen LogP contribution in [0.4, 0.5) is 0 Å². The summed E-state index contributed by atoms with van der Waals surface area (Å²) < 4.78 is 0. The zero-order valence-electron chi connectivity index (χ0n) is 42.1. The molecule has 4 aromatic rings. The normalized spacial score (nSPS) is 9.62. The summed E-state index contributed by atoms with van der Waals surface area (Å²) in [6.45, 7) is 28.0. The maximum absolute atomic E-state index is 3.36. The van der Waals surface area contributed by atoms with Crippen molar-refractivity contribution in [1.82, 2.24) is 0 Å². The van der Waals surface area contributed by atoms with Crippen LogP contribution >= 0.6 is 0 Å².